The van der Waals surface area contributed by atoms with Crippen LogP contribution in [0.1, 0.15) is 27.2 Å². The Morgan fingerprint density at radius 1 is 1.40 bits per heavy atom. The normalized spacial score (nSPS) is 11.2. The first-order chi connectivity index (χ1) is 9.31. The molecule has 0 aliphatic carbocycles. The molecule has 0 bridgehead atoms. The van der Waals surface area contributed by atoms with Crippen molar-refractivity contribution in [2.75, 3.05) is 25.0 Å². The lowest BCUT2D eigenvalue weighted by atomic mass is 9.96. The van der Waals surface area contributed by atoms with E-state index in [-0.39, 0.29) is 18.1 Å². The van der Waals surface area contributed by atoms with Crippen molar-refractivity contribution in [2.24, 2.45) is 5.41 Å². The number of nitrogens with one attached hydrogen (secondary N) is 1. The molecule has 4 nitrogen and oxygen atoms in total. The number of benzene rings is 1. The Morgan fingerprint density at radius 2 is 2.10 bits per heavy atom. The molecule has 0 radical (unpaired) electrons. The average Bonchev–Trinajstić information content (AvgIpc) is 2.33. The van der Waals surface area contributed by atoms with E-state index in [1.54, 1.807) is 29.2 Å². The first kappa shape index (κ1) is 16.8. The molecule has 0 saturated carbocycles. The molecule has 0 unspecified atom stereocenters. The molecule has 1 rings (SSSR count). The third-order valence-corrected chi connectivity index (χ3v) is 2.85. The second-order valence-corrected chi connectivity index (χ2v) is 6.44. The Labute approximate surface area is 125 Å². The summed E-state index contributed by atoms with van der Waals surface area (Å²) in [6, 6.07) is 6.89. The highest BCUT2D eigenvalue weighted by Crippen LogP contribution is 2.18. The van der Waals surface area contributed by atoms with Gasteiger partial charge < -0.3 is 15.3 Å². The molecule has 1 aromatic rings. The van der Waals surface area contributed by atoms with E-state index in [0.717, 1.165) is 0 Å². The summed E-state index contributed by atoms with van der Waals surface area (Å²) in [5, 5.41) is 12.4. The van der Waals surface area contributed by atoms with Gasteiger partial charge >= 0.3 is 6.03 Å². The second kappa shape index (κ2) is 7.50. The third kappa shape index (κ3) is 6.26. The summed E-state index contributed by atoms with van der Waals surface area (Å²) < 4.78 is 0. The highest BCUT2D eigenvalue weighted by molar-refractivity contribution is 6.30. The van der Waals surface area contributed by atoms with Gasteiger partial charge in [0.2, 0.25) is 0 Å². The predicted octanol–water partition coefficient (Wildman–Crippen LogP) is 3.60. The number of carbonyl (C=O) groups is 1. The monoisotopic (exact) mass is 298 g/mol. The molecule has 0 fully saturated rings. The summed E-state index contributed by atoms with van der Waals surface area (Å²) >= 11 is 5.90. The maximum Gasteiger partial charge on any atom is 0.321 e. The van der Waals surface area contributed by atoms with Crippen molar-refractivity contribution < 1.29 is 9.90 Å². The molecular weight excluding hydrogens is 276 g/mol. The molecule has 0 saturated heterocycles. The van der Waals surface area contributed by atoms with Crippen LogP contribution in [0.4, 0.5) is 10.5 Å². The maximum absolute atomic E-state index is 12.3. The number of hydrogen-bond donors (Lipinski definition) is 2. The first-order valence-electron chi connectivity index (χ1n) is 6.74. The van der Waals surface area contributed by atoms with Crippen LogP contribution in [0.3, 0.4) is 0 Å². The van der Waals surface area contributed by atoms with Gasteiger partial charge in [0.15, 0.2) is 0 Å². The number of urea groups is 1. The molecule has 2 N–H and O–H groups in total. The quantitative estimate of drug-likeness (QED) is 0.872. The standard InChI is InChI=1S/C15H23ClN2O2/c1-15(2,3)11-18(8-5-9-19)14(20)17-13-7-4-6-12(16)10-13/h4,6-7,10,19H,5,8-9,11H2,1-3H3,(H,17,20). The first-order valence-corrected chi connectivity index (χ1v) is 7.12. The lowest BCUT2D eigenvalue weighted by Gasteiger charge is -2.30. The van der Waals surface area contributed by atoms with Crippen molar-refractivity contribution >= 4 is 23.3 Å². The number of hydrogen-bond acceptors (Lipinski definition) is 2. The number of carbonyl (C=O) groups excluding carboxylic acids is 1. The lowest BCUT2D eigenvalue weighted by molar-refractivity contribution is 0.176. The molecule has 0 aliphatic rings. The van der Waals surface area contributed by atoms with Crippen molar-refractivity contribution in [2.45, 2.75) is 27.2 Å². The smallest absolute Gasteiger partial charge is 0.321 e. The molecule has 112 valence electrons. The number of amides is 2. The minimum absolute atomic E-state index is 0.00112. The third-order valence-electron chi connectivity index (χ3n) is 2.61. The van der Waals surface area contributed by atoms with Gasteiger partial charge in [-0.2, -0.15) is 0 Å². The number of nitrogens with zero attached hydrogens (tertiary/aromatic N) is 1. The molecule has 1 aromatic carbocycles. The van der Waals surface area contributed by atoms with Gasteiger partial charge in [-0.25, -0.2) is 4.79 Å². The summed E-state index contributed by atoms with van der Waals surface area (Å²) in [4.78, 5) is 14.0. The van der Waals surface area contributed by atoms with E-state index in [1.165, 1.54) is 0 Å². The maximum atomic E-state index is 12.3. The van der Waals surface area contributed by atoms with Crippen molar-refractivity contribution in [1.29, 1.82) is 0 Å². The van der Waals surface area contributed by atoms with E-state index in [4.69, 9.17) is 16.7 Å². The van der Waals surface area contributed by atoms with Crippen LogP contribution in [0.5, 0.6) is 0 Å². The minimum Gasteiger partial charge on any atom is -0.396 e. The van der Waals surface area contributed by atoms with E-state index in [0.29, 0.717) is 30.2 Å². The van der Waals surface area contributed by atoms with Crippen LogP contribution in [-0.2, 0) is 0 Å². The zero-order valence-electron chi connectivity index (χ0n) is 12.3. The number of rotatable bonds is 5. The summed E-state index contributed by atoms with van der Waals surface area (Å²) in [6.07, 6.45) is 0.568. The molecule has 0 spiro atoms. The van der Waals surface area contributed by atoms with E-state index in [1.807, 2.05) is 0 Å². The van der Waals surface area contributed by atoms with Gasteiger partial charge in [-0.1, -0.05) is 38.4 Å². The van der Waals surface area contributed by atoms with Gasteiger partial charge in [0.05, 0.1) is 0 Å². The van der Waals surface area contributed by atoms with Gasteiger partial charge in [0, 0.05) is 30.4 Å². The number of anilines is 1. The molecule has 0 heterocycles. The van der Waals surface area contributed by atoms with Crippen molar-refractivity contribution in [3.63, 3.8) is 0 Å². The Morgan fingerprint density at radius 3 is 2.65 bits per heavy atom. The van der Waals surface area contributed by atoms with Crippen molar-refractivity contribution in [3.05, 3.63) is 29.3 Å². The fourth-order valence-electron chi connectivity index (χ4n) is 1.86. The summed E-state index contributed by atoms with van der Waals surface area (Å²) in [7, 11) is 0. The predicted molar refractivity (Wildman–Crippen MR) is 83.2 cm³/mol. The van der Waals surface area contributed by atoms with Crippen molar-refractivity contribution in [1.82, 2.24) is 4.90 Å². The largest absolute Gasteiger partial charge is 0.396 e. The minimum atomic E-state index is -0.171. The van der Waals surface area contributed by atoms with Gasteiger partial charge in [0.25, 0.3) is 0 Å². The average molecular weight is 299 g/mol. The van der Waals surface area contributed by atoms with E-state index in [9.17, 15) is 4.79 Å². The van der Waals surface area contributed by atoms with Crippen molar-refractivity contribution in [3.8, 4) is 0 Å². The zero-order valence-corrected chi connectivity index (χ0v) is 13.1. The van der Waals surface area contributed by atoms with Gasteiger partial charge in [-0.05, 0) is 30.0 Å². The van der Waals surface area contributed by atoms with Crippen LogP contribution >= 0.6 is 11.6 Å². The highest BCUT2D eigenvalue weighted by Gasteiger charge is 2.20. The Hall–Kier alpha value is -1.26. The zero-order chi connectivity index (χ0) is 15.2. The van der Waals surface area contributed by atoms with Gasteiger partial charge in [0.1, 0.15) is 0 Å². The topological polar surface area (TPSA) is 52.6 Å². The van der Waals surface area contributed by atoms with Crippen LogP contribution in [0.25, 0.3) is 0 Å². The molecule has 20 heavy (non-hydrogen) atoms. The molecule has 2 amide bonds. The molecule has 0 aromatic heterocycles. The Balaban J connectivity index is 2.71. The lowest BCUT2D eigenvalue weighted by Crippen LogP contribution is -2.41. The van der Waals surface area contributed by atoms with E-state index >= 15 is 0 Å². The van der Waals surface area contributed by atoms with Crippen LogP contribution in [0, 0.1) is 5.41 Å². The fourth-order valence-corrected chi connectivity index (χ4v) is 2.05. The summed E-state index contributed by atoms with van der Waals surface area (Å²) in [5.41, 5.74) is 0.673. The molecular formula is C15H23ClN2O2. The van der Waals surface area contributed by atoms with Gasteiger partial charge in [-0.3, -0.25) is 0 Å². The number of aliphatic hydroxyl groups excluding tert-OH is 1. The van der Waals surface area contributed by atoms with Crippen LogP contribution in [0.15, 0.2) is 24.3 Å². The fraction of sp³-hybridized carbons (Fsp3) is 0.533. The van der Waals surface area contributed by atoms with Crippen LogP contribution < -0.4 is 5.32 Å². The number of aliphatic hydroxyl groups is 1. The van der Waals surface area contributed by atoms with Gasteiger partial charge in [-0.15, -0.1) is 0 Å². The summed E-state index contributed by atoms with van der Waals surface area (Å²) in [6.45, 7) is 7.45. The molecule has 5 heteroatoms. The highest BCUT2D eigenvalue weighted by atomic mass is 35.5. The molecule has 0 atom stereocenters. The summed E-state index contributed by atoms with van der Waals surface area (Å²) in [5.74, 6) is 0. The Bertz CT molecular complexity index is 444. The second-order valence-electron chi connectivity index (χ2n) is 6.00. The van der Waals surface area contributed by atoms with E-state index < -0.39 is 0 Å². The number of halogens is 1. The Kier molecular flexibility index (Phi) is 6.30. The van der Waals surface area contributed by atoms with Crippen LogP contribution in [0.2, 0.25) is 5.02 Å². The SMILES string of the molecule is CC(C)(C)CN(CCCO)C(=O)Nc1cccc(Cl)c1. The molecule has 0 aliphatic heterocycles. The van der Waals surface area contributed by atoms with E-state index in [2.05, 4.69) is 26.1 Å². The van der Waals surface area contributed by atoms with Crippen LogP contribution in [-0.4, -0.2) is 35.7 Å².